The highest BCUT2D eigenvalue weighted by atomic mass is 16.5. The third-order valence-electron chi connectivity index (χ3n) is 4.10. The van der Waals surface area contributed by atoms with Crippen molar-refractivity contribution in [2.75, 3.05) is 26.8 Å². The quantitative estimate of drug-likeness (QED) is 0.816. The first kappa shape index (κ1) is 15.8. The molecule has 1 saturated heterocycles. The summed E-state index contributed by atoms with van der Waals surface area (Å²) in [6.45, 7) is 7.31. The highest BCUT2D eigenvalue weighted by Crippen LogP contribution is 2.31. The maximum absolute atomic E-state index is 5.65. The summed E-state index contributed by atoms with van der Waals surface area (Å²) < 4.78 is 16.3. The first-order valence-electron chi connectivity index (χ1n) is 8.02. The fraction of sp³-hybridized carbons (Fsp3) is 0.529. The van der Waals surface area contributed by atoms with E-state index in [0.717, 1.165) is 43.4 Å². The maximum atomic E-state index is 5.65. The molecule has 23 heavy (non-hydrogen) atoms. The molecular weight excluding hydrogens is 294 g/mol. The minimum atomic E-state index is 0.334. The monoisotopic (exact) mass is 317 g/mol. The van der Waals surface area contributed by atoms with Gasteiger partial charge in [-0.1, -0.05) is 11.2 Å². The molecular formula is C17H23N3O3. The highest BCUT2D eigenvalue weighted by molar-refractivity contribution is 5.43. The van der Waals surface area contributed by atoms with Gasteiger partial charge in [-0.3, -0.25) is 4.90 Å². The zero-order valence-corrected chi connectivity index (χ0v) is 13.9. The van der Waals surface area contributed by atoms with Crippen LogP contribution in [0.3, 0.4) is 0 Å². The minimum absolute atomic E-state index is 0.334. The van der Waals surface area contributed by atoms with Crippen LogP contribution in [-0.2, 0) is 6.54 Å². The molecule has 1 unspecified atom stereocenters. The number of nitrogens with zero attached hydrogens (tertiary/aromatic N) is 3. The fourth-order valence-electron chi connectivity index (χ4n) is 3.00. The second kappa shape index (κ2) is 7.00. The summed E-state index contributed by atoms with van der Waals surface area (Å²) >= 11 is 0. The summed E-state index contributed by atoms with van der Waals surface area (Å²) in [4.78, 5) is 6.76. The zero-order valence-electron chi connectivity index (χ0n) is 13.9. The van der Waals surface area contributed by atoms with Crippen LogP contribution < -0.4 is 9.47 Å². The maximum Gasteiger partial charge on any atom is 0.231 e. The van der Waals surface area contributed by atoms with Gasteiger partial charge in [0.25, 0.3) is 0 Å². The summed E-state index contributed by atoms with van der Waals surface area (Å²) in [6.07, 6.45) is 1.05. The third-order valence-corrected chi connectivity index (χ3v) is 4.10. The highest BCUT2D eigenvalue weighted by Gasteiger charge is 2.28. The lowest BCUT2D eigenvalue weighted by Crippen LogP contribution is -2.19. The molecule has 0 N–H and O–H groups in total. The Balaban J connectivity index is 1.65. The largest absolute Gasteiger partial charge is 0.493 e. The molecule has 0 saturated carbocycles. The van der Waals surface area contributed by atoms with Gasteiger partial charge in [-0.25, -0.2) is 0 Å². The lowest BCUT2D eigenvalue weighted by atomic mass is 10.1. The number of hydrogen-bond donors (Lipinski definition) is 0. The summed E-state index contributed by atoms with van der Waals surface area (Å²) in [6, 6.07) is 6.12. The summed E-state index contributed by atoms with van der Waals surface area (Å²) in [5.74, 6) is 3.37. The minimum Gasteiger partial charge on any atom is -0.493 e. The van der Waals surface area contributed by atoms with Crippen LogP contribution in [0.5, 0.6) is 11.5 Å². The normalized spacial score (nSPS) is 18.3. The number of aromatic nitrogens is 2. The molecule has 1 atom stereocenters. The van der Waals surface area contributed by atoms with Crippen molar-refractivity contribution < 1.29 is 14.0 Å². The van der Waals surface area contributed by atoms with E-state index in [0.29, 0.717) is 18.3 Å². The third kappa shape index (κ3) is 3.64. The van der Waals surface area contributed by atoms with E-state index < -0.39 is 0 Å². The second-order valence-electron chi connectivity index (χ2n) is 5.82. The average molecular weight is 317 g/mol. The van der Waals surface area contributed by atoms with Gasteiger partial charge in [-0.05, 0) is 44.5 Å². The summed E-state index contributed by atoms with van der Waals surface area (Å²) in [7, 11) is 1.66. The lowest BCUT2D eigenvalue weighted by Gasteiger charge is -2.17. The number of methoxy groups -OCH3 is 1. The number of ether oxygens (including phenoxy) is 2. The van der Waals surface area contributed by atoms with Crippen molar-refractivity contribution in [2.24, 2.45) is 0 Å². The molecule has 6 heteroatoms. The van der Waals surface area contributed by atoms with Crippen LogP contribution >= 0.6 is 0 Å². The molecule has 1 aliphatic rings. The molecule has 2 heterocycles. The molecule has 0 amide bonds. The number of benzene rings is 1. The van der Waals surface area contributed by atoms with Crippen LogP contribution in [0.4, 0.5) is 0 Å². The standard InChI is InChI=1S/C17H23N3O3/c1-4-22-16-9-13(5-6-15(16)21-3)10-20-8-7-14(11-20)17-18-12(2)19-23-17/h5-6,9,14H,4,7-8,10-11H2,1-3H3. The molecule has 0 spiro atoms. The molecule has 2 aromatic rings. The first-order chi connectivity index (χ1) is 11.2. The number of likely N-dealkylation sites (tertiary alicyclic amines) is 1. The topological polar surface area (TPSA) is 60.6 Å². The Kier molecular flexibility index (Phi) is 4.81. The first-order valence-corrected chi connectivity index (χ1v) is 8.02. The van der Waals surface area contributed by atoms with E-state index in [2.05, 4.69) is 27.2 Å². The van der Waals surface area contributed by atoms with Gasteiger partial charge < -0.3 is 14.0 Å². The predicted molar refractivity (Wildman–Crippen MR) is 85.8 cm³/mol. The Morgan fingerprint density at radius 3 is 2.91 bits per heavy atom. The molecule has 124 valence electrons. The van der Waals surface area contributed by atoms with Crippen LogP contribution in [0.2, 0.25) is 0 Å². The fourth-order valence-corrected chi connectivity index (χ4v) is 3.00. The van der Waals surface area contributed by atoms with Crippen molar-refractivity contribution in [3.05, 3.63) is 35.5 Å². The van der Waals surface area contributed by atoms with E-state index in [9.17, 15) is 0 Å². The van der Waals surface area contributed by atoms with E-state index >= 15 is 0 Å². The lowest BCUT2D eigenvalue weighted by molar-refractivity contribution is 0.301. The molecule has 1 aliphatic heterocycles. The van der Waals surface area contributed by atoms with Crippen molar-refractivity contribution in [2.45, 2.75) is 32.7 Å². The molecule has 0 bridgehead atoms. The predicted octanol–water partition coefficient (Wildman–Crippen LogP) is 2.77. The number of hydrogen-bond acceptors (Lipinski definition) is 6. The van der Waals surface area contributed by atoms with Gasteiger partial charge in [-0.15, -0.1) is 0 Å². The molecule has 6 nitrogen and oxygen atoms in total. The summed E-state index contributed by atoms with van der Waals surface area (Å²) in [5, 5.41) is 3.89. The van der Waals surface area contributed by atoms with Crippen LogP contribution in [0.25, 0.3) is 0 Å². The van der Waals surface area contributed by atoms with Gasteiger partial charge in [0, 0.05) is 13.1 Å². The Labute approximate surface area is 136 Å². The van der Waals surface area contributed by atoms with Crippen molar-refractivity contribution in [3.63, 3.8) is 0 Å². The molecule has 0 aliphatic carbocycles. The molecule has 1 aromatic heterocycles. The van der Waals surface area contributed by atoms with Crippen LogP contribution in [0, 0.1) is 6.92 Å². The Bertz CT molecular complexity index is 656. The summed E-state index contributed by atoms with van der Waals surface area (Å²) in [5.41, 5.74) is 1.22. The van der Waals surface area contributed by atoms with E-state index in [1.165, 1.54) is 5.56 Å². The zero-order chi connectivity index (χ0) is 16.2. The van der Waals surface area contributed by atoms with Gasteiger partial charge in [-0.2, -0.15) is 4.98 Å². The second-order valence-corrected chi connectivity index (χ2v) is 5.82. The van der Waals surface area contributed by atoms with Gasteiger partial charge in [0.1, 0.15) is 0 Å². The van der Waals surface area contributed by atoms with Gasteiger partial charge >= 0.3 is 0 Å². The van der Waals surface area contributed by atoms with Crippen molar-refractivity contribution >= 4 is 0 Å². The number of aryl methyl sites for hydroxylation is 1. The molecule has 0 radical (unpaired) electrons. The van der Waals surface area contributed by atoms with Crippen molar-refractivity contribution in [3.8, 4) is 11.5 Å². The van der Waals surface area contributed by atoms with Crippen molar-refractivity contribution in [1.29, 1.82) is 0 Å². The average Bonchev–Trinajstić information content (AvgIpc) is 3.17. The van der Waals surface area contributed by atoms with E-state index in [4.69, 9.17) is 14.0 Å². The van der Waals surface area contributed by atoms with Crippen LogP contribution in [-0.4, -0.2) is 41.8 Å². The molecule has 3 rings (SSSR count). The van der Waals surface area contributed by atoms with E-state index in [1.54, 1.807) is 7.11 Å². The molecule has 1 fully saturated rings. The van der Waals surface area contributed by atoms with Gasteiger partial charge in [0.05, 0.1) is 19.6 Å². The van der Waals surface area contributed by atoms with E-state index in [-0.39, 0.29) is 0 Å². The Morgan fingerprint density at radius 1 is 1.35 bits per heavy atom. The van der Waals surface area contributed by atoms with Gasteiger partial charge in [0.2, 0.25) is 5.89 Å². The SMILES string of the molecule is CCOc1cc(CN2CCC(c3nc(C)no3)C2)ccc1OC. The van der Waals surface area contributed by atoms with Crippen molar-refractivity contribution in [1.82, 2.24) is 15.0 Å². The number of rotatable bonds is 6. The Morgan fingerprint density at radius 2 is 2.22 bits per heavy atom. The van der Waals surface area contributed by atoms with E-state index in [1.807, 2.05) is 19.9 Å². The smallest absolute Gasteiger partial charge is 0.231 e. The van der Waals surface area contributed by atoms with Crippen LogP contribution in [0.1, 0.15) is 36.5 Å². The Hall–Kier alpha value is -2.08. The van der Waals surface area contributed by atoms with Gasteiger partial charge in [0.15, 0.2) is 17.3 Å². The molecule has 1 aromatic carbocycles. The van der Waals surface area contributed by atoms with Crippen LogP contribution in [0.15, 0.2) is 22.7 Å².